The molecule has 0 unspecified atom stereocenters. The summed E-state index contributed by atoms with van der Waals surface area (Å²) >= 11 is 0. The predicted molar refractivity (Wildman–Crippen MR) is 99.8 cm³/mol. The van der Waals surface area contributed by atoms with E-state index in [2.05, 4.69) is 23.1 Å². The van der Waals surface area contributed by atoms with Crippen molar-refractivity contribution < 1.29 is 4.79 Å². The van der Waals surface area contributed by atoms with Crippen LogP contribution in [0.2, 0.25) is 0 Å². The summed E-state index contributed by atoms with van der Waals surface area (Å²) < 4.78 is 0. The van der Waals surface area contributed by atoms with E-state index in [9.17, 15) is 4.79 Å². The third kappa shape index (κ3) is 4.05. The highest BCUT2D eigenvalue weighted by molar-refractivity contribution is 5.91. The van der Waals surface area contributed by atoms with Crippen LogP contribution in [0.1, 0.15) is 24.0 Å². The molecular weight excluding hydrogens is 296 g/mol. The fourth-order valence-electron chi connectivity index (χ4n) is 3.10. The van der Waals surface area contributed by atoms with Gasteiger partial charge in [0.15, 0.2) is 0 Å². The zero-order valence-electron chi connectivity index (χ0n) is 14.2. The molecule has 3 nitrogen and oxygen atoms in total. The summed E-state index contributed by atoms with van der Waals surface area (Å²) in [6.07, 6.45) is 6.02. The lowest BCUT2D eigenvalue weighted by molar-refractivity contribution is -0.125. The number of rotatable bonds is 5. The number of nitrogens with zero attached hydrogens (tertiary/aromatic N) is 2. The van der Waals surface area contributed by atoms with Crippen LogP contribution in [0.15, 0.2) is 60.7 Å². The number of carbonyl (C=O) groups is 1. The van der Waals surface area contributed by atoms with Gasteiger partial charge < -0.3 is 9.80 Å². The van der Waals surface area contributed by atoms with E-state index < -0.39 is 0 Å². The van der Waals surface area contributed by atoms with Crippen LogP contribution in [0.4, 0.5) is 5.69 Å². The van der Waals surface area contributed by atoms with Crippen LogP contribution in [0.5, 0.6) is 0 Å². The molecule has 0 radical (unpaired) electrons. The minimum absolute atomic E-state index is 0.0232. The molecule has 2 aromatic rings. The number of anilines is 1. The van der Waals surface area contributed by atoms with Gasteiger partial charge >= 0.3 is 0 Å². The van der Waals surface area contributed by atoms with Crippen LogP contribution in [0, 0.1) is 0 Å². The molecule has 2 aromatic carbocycles. The van der Waals surface area contributed by atoms with Crippen LogP contribution < -0.4 is 4.90 Å². The molecule has 1 aliphatic rings. The zero-order chi connectivity index (χ0) is 16.8. The lowest BCUT2D eigenvalue weighted by Gasteiger charge is -2.24. The molecule has 0 aromatic heterocycles. The van der Waals surface area contributed by atoms with Crippen LogP contribution in [0.3, 0.4) is 0 Å². The SMILES string of the molecule is CN(Cc1ccccc1N1CCCC1)C(=O)/C=C/c1ccccc1. The highest BCUT2D eigenvalue weighted by atomic mass is 16.2. The zero-order valence-corrected chi connectivity index (χ0v) is 14.2. The van der Waals surface area contributed by atoms with Crippen LogP contribution in [0.25, 0.3) is 6.08 Å². The standard InChI is InChI=1S/C21H24N2O/c1-22(21(24)14-13-18-9-3-2-4-10-18)17-19-11-5-6-12-20(19)23-15-7-8-16-23/h2-6,9-14H,7-8,15-17H2,1H3/b14-13+. The first-order valence-electron chi connectivity index (χ1n) is 8.55. The van der Waals surface area contributed by atoms with E-state index in [1.54, 1.807) is 11.0 Å². The number of benzene rings is 2. The number of para-hydroxylation sites is 1. The van der Waals surface area contributed by atoms with E-state index in [4.69, 9.17) is 0 Å². The first kappa shape index (κ1) is 16.3. The highest BCUT2D eigenvalue weighted by Crippen LogP contribution is 2.25. The maximum Gasteiger partial charge on any atom is 0.246 e. The second kappa shape index (κ2) is 7.82. The molecule has 0 atom stereocenters. The Bertz CT molecular complexity index is 703. The summed E-state index contributed by atoms with van der Waals surface area (Å²) in [5.41, 5.74) is 3.52. The highest BCUT2D eigenvalue weighted by Gasteiger charge is 2.16. The van der Waals surface area contributed by atoms with Crippen LogP contribution >= 0.6 is 0 Å². The Morgan fingerprint density at radius 2 is 1.71 bits per heavy atom. The summed E-state index contributed by atoms with van der Waals surface area (Å²) in [4.78, 5) is 16.6. The Morgan fingerprint density at radius 3 is 2.46 bits per heavy atom. The fraction of sp³-hybridized carbons (Fsp3) is 0.286. The number of amides is 1. The van der Waals surface area contributed by atoms with E-state index in [1.165, 1.54) is 24.1 Å². The summed E-state index contributed by atoms with van der Waals surface area (Å²) in [5.74, 6) is 0.0232. The number of likely N-dealkylation sites (N-methyl/N-ethyl adjacent to an activating group) is 1. The van der Waals surface area contributed by atoms with E-state index in [0.29, 0.717) is 6.54 Å². The molecular formula is C21H24N2O. The van der Waals surface area contributed by atoms with E-state index in [0.717, 1.165) is 18.7 Å². The van der Waals surface area contributed by atoms with Crippen molar-refractivity contribution in [2.24, 2.45) is 0 Å². The molecule has 124 valence electrons. The second-order valence-electron chi connectivity index (χ2n) is 6.26. The average molecular weight is 320 g/mol. The van der Waals surface area contributed by atoms with Gasteiger partial charge in [-0.3, -0.25) is 4.79 Å². The Kier molecular flexibility index (Phi) is 5.32. The average Bonchev–Trinajstić information content (AvgIpc) is 3.15. The van der Waals surface area contributed by atoms with E-state index in [-0.39, 0.29) is 5.91 Å². The third-order valence-corrected chi connectivity index (χ3v) is 4.44. The minimum Gasteiger partial charge on any atom is -0.371 e. The molecule has 0 spiro atoms. The Balaban J connectivity index is 1.67. The molecule has 24 heavy (non-hydrogen) atoms. The molecule has 1 aliphatic heterocycles. The van der Waals surface area contributed by atoms with Gasteiger partial charge in [-0.2, -0.15) is 0 Å². The van der Waals surface area contributed by atoms with E-state index in [1.807, 2.05) is 49.5 Å². The summed E-state index contributed by atoms with van der Waals surface area (Å²) in [7, 11) is 1.86. The molecule has 1 amide bonds. The lowest BCUT2D eigenvalue weighted by atomic mass is 10.1. The van der Waals surface area contributed by atoms with Gasteiger partial charge in [-0.05, 0) is 36.1 Å². The van der Waals surface area contributed by atoms with Gasteiger partial charge in [0.05, 0.1) is 0 Å². The summed E-state index contributed by atoms with van der Waals surface area (Å²) in [6.45, 7) is 2.86. The summed E-state index contributed by atoms with van der Waals surface area (Å²) in [6, 6.07) is 18.3. The van der Waals surface area contributed by atoms with Crippen LogP contribution in [-0.2, 0) is 11.3 Å². The quantitative estimate of drug-likeness (QED) is 0.779. The topological polar surface area (TPSA) is 23.6 Å². The monoisotopic (exact) mass is 320 g/mol. The van der Waals surface area contributed by atoms with Crippen molar-refractivity contribution in [3.63, 3.8) is 0 Å². The molecule has 0 saturated carbocycles. The molecule has 0 aliphatic carbocycles. The van der Waals surface area contributed by atoms with Crippen molar-refractivity contribution in [3.05, 3.63) is 71.8 Å². The summed E-state index contributed by atoms with van der Waals surface area (Å²) in [5, 5.41) is 0. The first-order chi connectivity index (χ1) is 11.7. The predicted octanol–water partition coefficient (Wildman–Crippen LogP) is 3.96. The molecule has 0 bridgehead atoms. The van der Waals surface area contributed by atoms with Gasteiger partial charge in [0, 0.05) is 38.4 Å². The van der Waals surface area contributed by atoms with Crippen molar-refractivity contribution >= 4 is 17.7 Å². The maximum absolute atomic E-state index is 12.4. The van der Waals surface area contributed by atoms with Gasteiger partial charge in [-0.25, -0.2) is 0 Å². The van der Waals surface area contributed by atoms with E-state index >= 15 is 0 Å². The smallest absolute Gasteiger partial charge is 0.246 e. The number of carbonyl (C=O) groups excluding carboxylic acids is 1. The number of hydrogen-bond acceptors (Lipinski definition) is 2. The molecule has 1 fully saturated rings. The molecule has 1 saturated heterocycles. The van der Waals surface area contributed by atoms with Crippen molar-refractivity contribution in [3.8, 4) is 0 Å². The lowest BCUT2D eigenvalue weighted by Crippen LogP contribution is -2.26. The van der Waals surface area contributed by atoms with Crippen molar-refractivity contribution in [1.82, 2.24) is 4.90 Å². The Hall–Kier alpha value is -2.55. The molecule has 0 N–H and O–H groups in total. The largest absolute Gasteiger partial charge is 0.371 e. The van der Waals surface area contributed by atoms with Crippen molar-refractivity contribution in [1.29, 1.82) is 0 Å². The van der Waals surface area contributed by atoms with Gasteiger partial charge in [-0.15, -0.1) is 0 Å². The van der Waals surface area contributed by atoms with Gasteiger partial charge in [0.2, 0.25) is 5.91 Å². The first-order valence-corrected chi connectivity index (χ1v) is 8.55. The molecule has 1 heterocycles. The van der Waals surface area contributed by atoms with Crippen molar-refractivity contribution in [2.45, 2.75) is 19.4 Å². The normalized spacial score (nSPS) is 14.3. The molecule has 3 heteroatoms. The Labute approximate surface area is 144 Å². The van der Waals surface area contributed by atoms with Crippen LogP contribution in [-0.4, -0.2) is 30.9 Å². The molecule has 3 rings (SSSR count). The van der Waals surface area contributed by atoms with Crippen molar-refractivity contribution in [2.75, 3.05) is 25.0 Å². The Morgan fingerprint density at radius 1 is 1.04 bits per heavy atom. The minimum atomic E-state index is 0.0232. The fourth-order valence-corrected chi connectivity index (χ4v) is 3.10. The number of hydrogen-bond donors (Lipinski definition) is 0. The maximum atomic E-state index is 12.4. The van der Waals surface area contributed by atoms with Gasteiger partial charge in [0.1, 0.15) is 0 Å². The van der Waals surface area contributed by atoms with Gasteiger partial charge in [-0.1, -0.05) is 48.5 Å². The van der Waals surface area contributed by atoms with Gasteiger partial charge in [0.25, 0.3) is 0 Å². The third-order valence-electron chi connectivity index (χ3n) is 4.44. The second-order valence-corrected chi connectivity index (χ2v) is 6.26.